The molecule has 2 rings (SSSR count). The van der Waals surface area contributed by atoms with Crippen molar-refractivity contribution in [3.8, 4) is 0 Å². The molecular weight excluding hydrogens is 415 g/mol. The predicted molar refractivity (Wildman–Crippen MR) is 112 cm³/mol. The number of halogens is 2. The Bertz CT molecular complexity index is 883. The van der Waals surface area contributed by atoms with Gasteiger partial charge in [-0.1, -0.05) is 61.3 Å². The van der Waals surface area contributed by atoms with E-state index in [1.54, 1.807) is 0 Å². The number of ether oxygens (including phenoxy) is 1. The maximum Gasteiger partial charge on any atom is 0.325 e. The molecule has 2 N–H and O–H groups in total. The summed E-state index contributed by atoms with van der Waals surface area (Å²) in [6, 6.07) is 12.2. The summed E-state index contributed by atoms with van der Waals surface area (Å²) < 4.78 is 5.13. The first-order valence-electron chi connectivity index (χ1n) is 9.00. The molecule has 2 aromatic rings. The first-order valence-corrected chi connectivity index (χ1v) is 9.76. The topological polar surface area (TPSA) is 84.5 Å². The quantitative estimate of drug-likeness (QED) is 0.617. The van der Waals surface area contributed by atoms with E-state index >= 15 is 0 Å². The molecule has 0 aliphatic carbocycles. The second-order valence-corrected chi connectivity index (χ2v) is 7.48. The molecule has 2 aromatic carbocycles. The number of rotatable bonds is 8. The molecule has 0 heterocycles. The SMILES string of the molecule is CC(C)c1ccc(COC(=O)CNC(=O)CNC(=O)c2ccc(Cl)cc2Cl)cc1. The van der Waals surface area contributed by atoms with Gasteiger partial charge in [-0.15, -0.1) is 0 Å². The second kappa shape index (κ2) is 10.8. The molecule has 29 heavy (non-hydrogen) atoms. The number of hydrogen-bond acceptors (Lipinski definition) is 4. The molecule has 2 amide bonds. The van der Waals surface area contributed by atoms with Crippen LogP contribution in [0.2, 0.25) is 10.0 Å². The van der Waals surface area contributed by atoms with Gasteiger partial charge in [-0.2, -0.15) is 0 Å². The van der Waals surface area contributed by atoms with Crippen LogP contribution in [-0.4, -0.2) is 30.9 Å². The maximum absolute atomic E-state index is 12.0. The van der Waals surface area contributed by atoms with Crippen LogP contribution < -0.4 is 10.6 Å². The fourth-order valence-corrected chi connectivity index (χ4v) is 2.87. The third kappa shape index (κ3) is 7.40. The average Bonchev–Trinajstić information content (AvgIpc) is 2.69. The Morgan fingerprint density at radius 2 is 1.66 bits per heavy atom. The van der Waals surface area contributed by atoms with Gasteiger partial charge in [0.25, 0.3) is 5.91 Å². The van der Waals surface area contributed by atoms with Gasteiger partial charge in [0.15, 0.2) is 0 Å². The van der Waals surface area contributed by atoms with Crippen LogP contribution in [0.4, 0.5) is 0 Å². The minimum atomic E-state index is -0.571. The highest BCUT2D eigenvalue weighted by atomic mass is 35.5. The predicted octanol–water partition coefficient (Wildman–Crippen LogP) is 3.71. The average molecular weight is 437 g/mol. The molecule has 0 aliphatic heterocycles. The molecule has 0 unspecified atom stereocenters. The smallest absolute Gasteiger partial charge is 0.325 e. The van der Waals surface area contributed by atoms with Gasteiger partial charge in [0.05, 0.1) is 17.1 Å². The van der Waals surface area contributed by atoms with E-state index in [2.05, 4.69) is 24.5 Å². The number of hydrogen-bond donors (Lipinski definition) is 2. The number of carbonyl (C=O) groups is 3. The van der Waals surface area contributed by atoms with Crippen LogP contribution in [0.1, 0.15) is 41.3 Å². The summed E-state index contributed by atoms with van der Waals surface area (Å²) in [5.74, 6) is -1.19. The van der Waals surface area contributed by atoms with Crippen LogP contribution in [0.15, 0.2) is 42.5 Å². The van der Waals surface area contributed by atoms with Crippen molar-refractivity contribution in [1.29, 1.82) is 0 Å². The molecule has 0 bridgehead atoms. The lowest BCUT2D eigenvalue weighted by molar-refractivity contribution is -0.145. The Labute approximate surface area is 179 Å². The van der Waals surface area contributed by atoms with Gasteiger partial charge < -0.3 is 15.4 Å². The van der Waals surface area contributed by atoms with Gasteiger partial charge in [0, 0.05) is 5.02 Å². The molecule has 0 fully saturated rings. The van der Waals surface area contributed by atoms with E-state index in [1.807, 2.05) is 24.3 Å². The number of esters is 1. The van der Waals surface area contributed by atoms with Crippen molar-refractivity contribution in [1.82, 2.24) is 10.6 Å². The van der Waals surface area contributed by atoms with Gasteiger partial charge in [-0.3, -0.25) is 14.4 Å². The van der Waals surface area contributed by atoms with Gasteiger partial charge in [-0.25, -0.2) is 0 Å². The highest BCUT2D eigenvalue weighted by molar-refractivity contribution is 6.36. The van der Waals surface area contributed by atoms with Crippen molar-refractivity contribution >= 4 is 41.0 Å². The van der Waals surface area contributed by atoms with E-state index in [0.717, 1.165) is 5.56 Å². The number of nitrogens with one attached hydrogen (secondary N) is 2. The summed E-state index contributed by atoms with van der Waals surface area (Å²) in [6.45, 7) is 3.73. The van der Waals surface area contributed by atoms with Gasteiger partial charge in [-0.05, 0) is 35.2 Å². The van der Waals surface area contributed by atoms with Crippen LogP contribution in [0.25, 0.3) is 0 Å². The summed E-state index contributed by atoms with van der Waals surface area (Å²) in [7, 11) is 0. The zero-order chi connectivity index (χ0) is 21.4. The molecule has 0 radical (unpaired) electrons. The molecular formula is C21H22Cl2N2O4. The zero-order valence-electron chi connectivity index (χ0n) is 16.1. The maximum atomic E-state index is 12.0. The number of benzene rings is 2. The Kier molecular flexibility index (Phi) is 8.49. The summed E-state index contributed by atoms with van der Waals surface area (Å²) >= 11 is 11.7. The van der Waals surface area contributed by atoms with E-state index in [0.29, 0.717) is 10.9 Å². The van der Waals surface area contributed by atoms with E-state index in [-0.39, 0.29) is 30.3 Å². The Morgan fingerprint density at radius 1 is 0.966 bits per heavy atom. The Morgan fingerprint density at radius 3 is 2.28 bits per heavy atom. The number of carbonyl (C=O) groups excluding carboxylic acids is 3. The normalized spacial score (nSPS) is 10.5. The Hall–Kier alpha value is -2.57. The summed E-state index contributed by atoms with van der Waals surface area (Å²) in [5, 5.41) is 5.40. The van der Waals surface area contributed by atoms with Crippen molar-refractivity contribution in [2.75, 3.05) is 13.1 Å². The van der Waals surface area contributed by atoms with E-state index in [1.165, 1.54) is 23.8 Å². The van der Waals surface area contributed by atoms with E-state index in [9.17, 15) is 14.4 Å². The molecule has 6 nitrogen and oxygen atoms in total. The minimum Gasteiger partial charge on any atom is -0.460 e. The van der Waals surface area contributed by atoms with Gasteiger partial charge in [0.2, 0.25) is 5.91 Å². The summed E-state index contributed by atoms with van der Waals surface area (Å²) in [5.41, 5.74) is 2.27. The van der Waals surface area contributed by atoms with Crippen LogP contribution >= 0.6 is 23.2 Å². The largest absolute Gasteiger partial charge is 0.460 e. The van der Waals surface area contributed by atoms with Crippen molar-refractivity contribution in [2.24, 2.45) is 0 Å². The highest BCUT2D eigenvalue weighted by Gasteiger charge is 2.13. The lowest BCUT2D eigenvalue weighted by Crippen LogP contribution is -2.39. The molecule has 0 aromatic heterocycles. The lowest BCUT2D eigenvalue weighted by Gasteiger charge is -2.09. The first-order chi connectivity index (χ1) is 13.8. The van der Waals surface area contributed by atoms with Crippen molar-refractivity contribution in [2.45, 2.75) is 26.4 Å². The highest BCUT2D eigenvalue weighted by Crippen LogP contribution is 2.20. The zero-order valence-corrected chi connectivity index (χ0v) is 17.6. The fraction of sp³-hybridized carbons (Fsp3) is 0.286. The van der Waals surface area contributed by atoms with Gasteiger partial charge >= 0.3 is 5.97 Å². The molecule has 0 saturated heterocycles. The van der Waals surface area contributed by atoms with Gasteiger partial charge in [0.1, 0.15) is 13.2 Å². The van der Waals surface area contributed by atoms with Crippen molar-refractivity contribution in [3.05, 3.63) is 69.2 Å². The fourth-order valence-electron chi connectivity index (χ4n) is 2.38. The summed E-state index contributed by atoms with van der Waals surface area (Å²) in [4.78, 5) is 35.6. The first kappa shape index (κ1) is 22.7. The van der Waals surface area contributed by atoms with Crippen LogP contribution in [-0.2, 0) is 20.9 Å². The van der Waals surface area contributed by atoms with Crippen LogP contribution in [0.5, 0.6) is 0 Å². The van der Waals surface area contributed by atoms with E-state index in [4.69, 9.17) is 27.9 Å². The molecule has 0 aliphatic rings. The molecule has 8 heteroatoms. The number of amides is 2. The molecule has 0 atom stereocenters. The molecule has 154 valence electrons. The van der Waals surface area contributed by atoms with Crippen LogP contribution in [0.3, 0.4) is 0 Å². The second-order valence-electron chi connectivity index (χ2n) is 6.64. The minimum absolute atomic E-state index is 0.124. The third-order valence-electron chi connectivity index (χ3n) is 4.06. The standard InChI is InChI=1S/C21H22Cl2N2O4/c1-13(2)15-5-3-14(4-6-15)12-29-20(27)11-24-19(26)10-25-21(28)17-8-7-16(22)9-18(17)23/h3-9,13H,10-12H2,1-2H3,(H,24,26)(H,25,28). The monoisotopic (exact) mass is 436 g/mol. The van der Waals surface area contributed by atoms with E-state index < -0.39 is 17.8 Å². The van der Waals surface area contributed by atoms with Crippen LogP contribution in [0, 0.1) is 0 Å². The Balaban J connectivity index is 1.70. The van der Waals surface area contributed by atoms with Crippen molar-refractivity contribution in [3.63, 3.8) is 0 Å². The molecule has 0 saturated carbocycles. The lowest BCUT2D eigenvalue weighted by atomic mass is 10.0. The summed E-state index contributed by atoms with van der Waals surface area (Å²) in [6.07, 6.45) is 0. The molecule has 0 spiro atoms. The van der Waals surface area contributed by atoms with Crippen molar-refractivity contribution < 1.29 is 19.1 Å². The third-order valence-corrected chi connectivity index (χ3v) is 4.61.